The number of aromatic amines is 1. The van der Waals surface area contributed by atoms with Gasteiger partial charge in [0.25, 0.3) is 5.91 Å². The van der Waals surface area contributed by atoms with Crippen LogP contribution in [0.25, 0.3) is 0 Å². The number of rotatable bonds is 4. The van der Waals surface area contributed by atoms with E-state index in [0.29, 0.717) is 18.2 Å². The fraction of sp³-hybridized carbons (Fsp3) is 0.714. The lowest BCUT2D eigenvalue weighted by molar-refractivity contribution is -0.000308. The van der Waals surface area contributed by atoms with Crippen LogP contribution in [0.2, 0.25) is 0 Å². The smallest absolute Gasteiger partial charge is 0.275 e. The third-order valence-electron chi connectivity index (χ3n) is 3.61. The molecule has 0 saturated carbocycles. The highest BCUT2D eigenvalue weighted by atomic mass is 79.9. The number of aromatic nitrogens is 2. The summed E-state index contributed by atoms with van der Waals surface area (Å²) in [7, 11) is 1.80. The molecule has 1 amide bonds. The van der Waals surface area contributed by atoms with Crippen LogP contribution < -0.4 is 0 Å². The van der Waals surface area contributed by atoms with Crippen LogP contribution in [-0.4, -0.2) is 47.3 Å². The largest absolute Gasteiger partial charge is 0.376 e. The van der Waals surface area contributed by atoms with Crippen molar-refractivity contribution in [1.82, 2.24) is 15.1 Å². The first-order valence-corrected chi connectivity index (χ1v) is 7.90. The molecule has 1 aromatic rings. The van der Waals surface area contributed by atoms with Gasteiger partial charge in [0.15, 0.2) is 5.69 Å². The predicted octanol–water partition coefficient (Wildman–Crippen LogP) is 2.94. The summed E-state index contributed by atoms with van der Waals surface area (Å²) in [5.41, 5.74) is 1.41. The zero-order valence-electron chi connectivity index (χ0n) is 12.3. The summed E-state index contributed by atoms with van der Waals surface area (Å²) < 4.78 is 6.45. The number of carbonyl (C=O) groups excluding carboxylic acids is 1. The van der Waals surface area contributed by atoms with Crippen molar-refractivity contribution in [3.63, 3.8) is 0 Å². The molecular weight excluding hydrogens is 322 g/mol. The van der Waals surface area contributed by atoms with Gasteiger partial charge in [0.05, 0.1) is 16.3 Å². The van der Waals surface area contributed by atoms with Gasteiger partial charge in [0, 0.05) is 20.2 Å². The Morgan fingerprint density at radius 3 is 2.85 bits per heavy atom. The van der Waals surface area contributed by atoms with E-state index in [1.54, 1.807) is 11.9 Å². The summed E-state index contributed by atoms with van der Waals surface area (Å²) in [5.74, 6) is 0.222. The van der Waals surface area contributed by atoms with Crippen LogP contribution in [0, 0.1) is 0 Å². The second kappa shape index (κ2) is 6.72. The summed E-state index contributed by atoms with van der Waals surface area (Å²) in [4.78, 5) is 14.1. The van der Waals surface area contributed by atoms with Gasteiger partial charge in [-0.3, -0.25) is 9.89 Å². The van der Waals surface area contributed by atoms with E-state index in [-0.39, 0.29) is 12.0 Å². The number of hydrogen-bond acceptors (Lipinski definition) is 3. The highest BCUT2D eigenvalue weighted by molar-refractivity contribution is 9.10. The number of halogens is 1. The first-order chi connectivity index (χ1) is 9.50. The Labute approximate surface area is 128 Å². The molecule has 0 aromatic carbocycles. The molecule has 6 heteroatoms. The zero-order valence-corrected chi connectivity index (χ0v) is 13.9. The maximum atomic E-state index is 12.4. The van der Waals surface area contributed by atoms with Gasteiger partial charge in [0.2, 0.25) is 0 Å². The normalized spacial score (nSPS) is 19.4. The molecule has 2 heterocycles. The van der Waals surface area contributed by atoms with Gasteiger partial charge >= 0.3 is 0 Å². The average Bonchev–Trinajstić information content (AvgIpc) is 2.81. The molecule has 2 rings (SSSR count). The molecule has 1 atom stereocenters. The van der Waals surface area contributed by atoms with Crippen LogP contribution >= 0.6 is 15.9 Å². The summed E-state index contributed by atoms with van der Waals surface area (Å²) in [6.45, 7) is 5.55. The van der Waals surface area contributed by atoms with E-state index in [9.17, 15) is 4.79 Å². The van der Waals surface area contributed by atoms with Gasteiger partial charge in [-0.1, -0.05) is 13.8 Å². The summed E-state index contributed by atoms with van der Waals surface area (Å²) in [6.07, 6.45) is 3.48. The Morgan fingerprint density at radius 1 is 1.55 bits per heavy atom. The number of ether oxygens (including phenoxy) is 1. The average molecular weight is 344 g/mol. The van der Waals surface area contributed by atoms with Crippen LogP contribution in [0.5, 0.6) is 0 Å². The lowest BCUT2D eigenvalue weighted by Crippen LogP contribution is -2.37. The number of nitrogens with one attached hydrogen (secondary N) is 1. The maximum absolute atomic E-state index is 12.4. The van der Waals surface area contributed by atoms with Crippen molar-refractivity contribution in [3.05, 3.63) is 15.9 Å². The van der Waals surface area contributed by atoms with Crippen molar-refractivity contribution in [1.29, 1.82) is 0 Å². The fourth-order valence-electron chi connectivity index (χ4n) is 2.39. The van der Waals surface area contributed by atoms with E-state index < -0.39 is 0 Å². The molecule has 112 valence electrons. The molecule has 5 nitrogen and oxygen atoms in total. The van der Waals surface area contributed by atoms with Gasteiger partial charge in [0.1, 0.15) is 0 Å². The molecule has 0 spiro atoms. The van der Waals surface area contributed by atoms with Crippen LogP contribution in [-0.2, 0) is 4.74 Å². The standard InChI is InChI=1S/C14H22BrN3O2/c1-9(2)12-11(15)13(17-16-12)14(19)18(3)8-10-6-4-5-7-20-10/h9-10H,4-8H2,1-3H3,(H,16,17). The van der Waals surface area contributed by atoms with Crippen LogP contribution in [0.15, 0.2) is 4.47 Å². The van der Waals surface area contributed by atoms with E-state index in [1.807, 2.05) is 0 Å². The summed E-state index contributed by atoms with van der Waals surface area (Å²) >= 11 is 3.47. The van der Waals surface area contributed by atoms with E-state index in [4.69, 9.17) is 4.74 Å². The maximum Gasteiger partial charge on any atom is 0.275 e. The Hall–Kier alpha value is -0.880. The highest BCUT2D eigenvalue weighted by Gasteiger charge is 2.24. The topological polar surface area (TPSA) is 58.2 Å². The predicted molar refractivity (Wildman–Crippen MR) is 80.9 cm³/mol. The molecule has 0 bridgehead atoms. The molecule has 1 aliphatic heterocycles. The monoisotopic (exact) mass is 343 g/mol. The van der Waals surface area contributed by atoms with Crippen LogP contribution in [0.3, 0.4) is 0 Å². The van der Waals surface area contributed by atoms with E-state index >= 15 is 0 Å². The minimum Gasteiger partial charge on any atom is -0.376 e. The molecule has 1 aromatic heterocycles. The first kappa shape index (κ1) is 15.5. The van der Waals surface area contributed by atoms with E-state index in [1.165, 1.54) is 6.42 Å². The van der Waals surface area contributed by atoms with Crippen molar-refractivity contribution in [2.75, 3.05) is 20.2 Å². The zero-order chi connectivity index (χ0) is 14.7. The van der Waals surface area contributed by atoms with Gasteiger partial charge < -0.3 is 9.64 Å². The molecule has 1 fully saturated rings. The van der Waals surface area contributed by atoms with Crippen molar-refractivity contribution < 1.29 is 9.53 Å². The Morgan fingerprint density at radius 2 is 2.30 bits per heavy atom. The van der Waals surface area contributed by atoms with Gasteiger partial charge in [-0.2, -0.15) is 5.10 Å². The van der Waals surface area contributed by atoms with Crippen LogP contribution in [0.4, 0.5) is 0 Å². The molecule has 1 unspecified atom stereocenters. The van der Waals surface area contributed by atoms with Crippen molar-refractivity contribution in [2.24, 2.45) is 0 Å². The molecule has 1 aliphatic rings. The quantitative estimate of drug-likeness (QED) is 0.914. The lowest BCUT2D eigenvalue weighted by Gasteiger charge is -2.27. The minimum absolute atomic E-state index is 0.0748. The number of amides is 1. The summed E-state index contributed by atoms with van der Waals surface area (Å²) in [6, 6.07) is 0. The Balaban J connectivity index is 2.02. The van der Waals surface area contributed by atoms with Gasteiger partial charge in [-0.05, 0) is 41.1 Å². The minimum atomic E-state index is -0.0748. The van der Waals surface area contributed by atoms with Gasteiger partial charge in [-0.15, -0.1) is 0 Å². The second-order valence-corrected chi connectivity index (χ2v) is 6.42. The third kappa shape index (κ3) is 3.41. The number of nitrogens with zero attached hydrogens (tertiary/aromatic N) is 2. The molecule has 1 saturated heterocycles. The van der Waals surface area contributed by atoms with Crippen molar-refractivity contribution in [2.45, 2.75) is 45.1 Å². The number of H-pyrrole nitrogens is 1. The molecule has 20 heavy (non-hydrogen) atoms. The third-order valence-corrected chi connectivity index (χ3v) is 4.41. The van der Waals surface area contributed by atoms with Crippen molar-refractivity contribution >= 4 is 21.8 Å². The summed E-state index contributed by atoms with van der Waals surface area (Å²) in [5, 5.41) is 7.08. The SMILES string of the molecule is CC(C)c1[nH]nc(C(=O)N(C)CC2CCCCO2)c1Br. The number of likely N-dealkylation sites (N-methyl/N-ethyl adjacent to an activating group) is 1. The van der Waals surface area contributed by atoms with Gasteiger partial charge in [-0.25, -0.2) is 0 Å². The van der Waals surface area contributed by atoms with E-state index in [2.05, 4.69) is 40.0 Å². The molecule has 0 aliphatic carbocycles. The number of carbonyl (C=O) groups is 1. The lowest BCUT2D eigenvalue weighted by atomic mass is 10.1. The van der Waals surface area contributed by atoms with Crippen molar-refractivity contribution in [3.8, 4) is 0 Å². The second-order valence-electron chi connectivity index (χ2n) is 5.63. The molecule has 0 radical (unpaired) electrons. The van der Waals surface area contributed by atoms with E-state index in [0.717, 1.165) is 29.6 Å². The molecule has 1 N–H and O–H groups in total. The highest BCUT2D eigenvalue weighted by Crippen LogP contribution is 2.26. The Kier molecular flexibility index (Phi) is 5.21. The van der Waals surface area contributed by atoms with Crippen LogP contribution in [0.1, 0.15) is 55.2 Å². The number of hydrogen-bond donors (Lipinski definition) is 1. The molecular formula is C14H22BrN3O2. The first-order valence-electron chi connectivity index (χ1n) is 7.11. The fourth-order valence-corrected chi connectivity index (χ4v) is 3.19. The Bertz CT molecular complexity index is 467.